The van der Waals surface area contributed by atoms with Gasteiger partial charge in [-0.1, -0.05) is 5.92 Å². The van der Waals surface area contributed by atoms with Crippen molar-refractivity contribution in [1.29, 1.82) is 0 Å². The van der Waals surface area contributed by atoms with Crippen LogP contribution in [0.15, 0.2) is 52.7 Å². The number of carboxylic acids is 1. The van der Waals surface area contributed by atoms with Crippen LogP contribution in [-0.2, 0) is 33.8 Å². The van der Waals surface area contributed by atoms with Crippen LogP contribution in [0.1, 0.15) is 42.5 Å². The number of methoxy groups -OCH3 is 2. The van der Waals surface area contributed by atoms with Crippen LogP contribution in [0.25, 0.3) is 0 Å². The zero-order valence-electron chi connectivity index (χ0n) is 35.6. The van der Waals surface area contributed by atoms with E-state index in [2.05, 4.69) is 26.2 Å². The number of pyridine rings is 1. The Hall–Kier alpha value is -7.00. The second kappa shape index (κ2) is 21.6. The molecule has 0 saturated heterocycles. The quantitative estimate of drug-likeness (QED) is 0.0980. The Balaban J connectivity index is 0.000000233. The number of hydrogen-bond donors (Lipinski definition) is 5. The fraction of sp³-hybridized carbons (Fsp3) is 0.359. The molecule has 2 aliphatic heterocycles. The van der Waals surface area contributed by atoms with Gasteiger partial charge in [0.25, 0.3) is 33.7 Å². The molecule has 2 unspecified atom stereocenters. The number of sulfonamides is 1. The van der Waals surface area contributed by atoms with Gasteiger partial charge in [-0.25, -0.2) is 23.8 Å². The van der Waals surface area contributed by atoms with E-state index in [4.69, 9.17) is 36.4 Å². The predicted octanol–water partition coefficient (Wildman–Crippen LogP) is 1.72. The normalized spacial score (nSPS) is 15.5. The summed E-state index contributed by atoms with van der Waals surface area (Å²) in [6.07, 6.45) is 9.20. The summed E-state index contributed by atoms with van der Waals surface area (Å²) in [5.41, 5.74) is 5.90. The lowest BCUT2D eigenvalue weighted by Crippen LogP contribution is -2.39. The largest absolute Gasteiger partial charge is 0.481 e. The molecule has 0 radical (unpaired) electrons. The fourth-order valence-corrected chi connectivity index (χ4v) is 7.88. The summed E-state index contributed by atoms with van der Waals surface area (Å²) in [5, 5.41) is 9.85. The van der Waals surface area contributed by atoms with E-state index in [1.807, 2.05) is 0 Å². The van der Waals surface area contributed by atoms with Gasteiger partial charge < -0.3 is 34.8 Å². The van der Waals surface area contributed by atoms with Crippen molar-refractivity contribution in [1.82, 2.24) is 24.6 Å². The minimum Gasteiger partial charge on any atom is -0.481 e. The number of hydrogen-bond acceptors (Lipinski definition) is 16. The maximum atomic E-state index is 14.7. The molecule has 0 spiro atoms. The minimum absolute atomic E-state index is 0.0170. The van der Waals surface area contributed by atoms with Crippen LogP contribution in [0.4, 0.5) is 26.5 Å². The van der Waals surface area contributed by atoms with E-state index in [-0.39, 0.29) is 72.0 Å². The van der Waals surface area contributed by atoms with Gasteiger partial charge in [-0.05, 0) is 50.3 Å². The zero-order chi connectivity index (χ0) is 48.4. The van der Waals surface area contributed by atoms with E-state index in [1.54, 1.807) is 4.72 Å². The number of aromatic nitrogens is 3. The fourth-order valence-electron chi connectivity index (χ4n) is 6.08. The monoisotopic (exact) mass is 945 g/mol. The Morgan fingerprint density at radius 2 is 1.66 bits per heavy atom. The second-order valence-electron chi connectivity index (χ2n) is 14.3. The molecular formula is C39H45FN9O14PS. The maximum absolute atomic E-state index is 14.7. The average molecular weight is 946 g/mol. The van der Waals surface area contributed by atoms with Gasteiger partial charge >= 0.3 is 12.0 Å². The van der Waals surface area contributed by atoms with E-state index in [1.165, 1.54) is 75.2 Å². The van der Waals surface area contributed by atoms with Crippen molar-refractivity contribution in [3.05, 3.63) is 59.1 Å². The van der Waals surface area contributed by atoms with Gasteiger partial charge in [-0.2, -0.15) is 18.4 Å². The number of fused-ring (bicyclic) bond motifs is 1. The number of carbonyl (C=O) groups excluding carboxylic acids is 5. The first-order valence-corrected chi connectivity index (χ1v) is 22.9. The highest BCUT2D eigenvalue weighted by molar-refractivity contribution is 7.90. The third-order valence-electron chi connectivity index (χ3n) is 9.24. The number of nitrogens with one attached hydrogen (secondary N) is 2. The highest BCUT2D eigenvalue weighted by Crippen LogP contribution is 2.42. The van der Waals surface area contributed by atoms with Crippen LogP contribution in [-0.4, -0.2) is 134 Å². The Labute approximate surface area is 371 Å². The molecule has 0 bridgehead atoms. The van der Waals surface area contributed by atoms with Crippen molar-refractivity contribution in [2.45, 2.75) is 43.2 Å². The van der Waals surface area contributed by atoms with Crippen molar-refractivity contribution in [3.8, 4) is 29.9 Å². The molecular weight excluding hydrogens is 901 g/mol. The Bertz CT molecular complexity index is 2570. The molecule has 6 rings (SSSR count). The van der Waals surface area contributed by atoms with Crippen LogP contribution in [0.5, 0.6) is 17.5 Å². The maximum Gasteiger partial charge on any atom is 0.335 e. The molecule has 0 fully saturated rings. The number of amides is 6. The number of ether oxygens (including phenoxy) is 3. The van der Waals surface area contributed by atoms with Crippen molar-refractivity contribution in [3.63, 3.8) is 0 Å². The zero-order valence-corrected chi connectivity index (χ0v) is 37.3. The van der Waals surface area contributed by atoms with Crippen molar-refractivity contribution >= 4 is 70.3 Å². The van der Waals surface area contributed by atoms with Crippen molar-refractivity contribution < 1.29 is 70.4 Å². The SMILES string of the molecule is C#CCN1C(=O)COc2cc(F)c(N3C(=O)C4=C(CCCC4)C3=O)cc21.COc1cc(OC)nc(NC(=O)NS(=O)(=O)c2ncccc2C(=O)N(C)C)n1.CP(=O)(O)CCC(N)C(=O)O. The van der Waals surface area contributed by atoms with Gasteiger partial charge in [0, 0.05) is 50.3 Å². The molecule has 3 aromatic rings. The van der Waals surface area contributed by atoms with Gasteiger partial charge in [0.1, 0.15) is 11.8 Å². The first-order valence-electron chi connectivity index (χ1n) is 19.1. The summed E-state index contributed by atoms with van der Waals surface area (Å²) >= 11 is 0. The molecule has 23 nitrogen and oxygen atoms in total. The third kappa shape index (κ3) is 12.8. The first-order chi connectivity index (χ1) is 30.5. The van der Waals surface area contributed by atoms with Crippen LogP contribution >= 0.6 is 7.37 Å². The van der Waals surface area contributed by atoms with Gasteiger partial charge in [-0.15, -0.1) is 6.42 Å². The number of urea groups is 1. The number of aliphatic carboxylic acids is 1. The van der Waals surface area contributed by atoms with Gasteiger partial charge in [0.2, 0.25) is 17.7 Å². The van der Waals surface area contributed by atoms with E-state index >= 15 is 0 Å². The molecule has 3 aliphatic rings. The number of rotatable bonds is 12. The number of anilines is 3. The molecule has 4 heterocycles. The van der Waals surface area contributed by atoms with E-state index < -0.39 is 64.0 Å². The number of carboxylic acid groups (broad SMARTS) is 1. The first kappa shape index (κ1) is 50.6. The highest BCUT2D eigenvalue weighted by atomic mass is 32.2. The van der Waals surface area contributed by atoms with Gasteiger partial charge in [0.05, 0.1) is 43.8 Å². The van der Waals surface area contributed by atoms with Crippen LogP contribution in [0, 0.1) is 18.2 Å². The third-order valence-corrected chi connectivity index (χ3v) is 11.6. The molecule has 65 heavy (non-hydrogen) atoms. The van der Waals surface area contributed by atoms with Gasteiger partial charge in [0.15, 0.2) is 24.8 Å². The lowest BCUT2D eigenvalue weighted by atomic mass is 9.93. The highest BCUT2D eigenvalue weighted by Gasteiger charge is 2.42. The number of carbonyl (C=O) groups is 6. The molecule has 1 aliphatic carbocycles. The smallest absolute Gasteiger partial charge is 0.335 e. The van der Waals surface area contributed by atoms with Gasteiger partial charge in [-0.3, -0.25) is 38.8 Å². The summed E-state index contributed by atoms with van der Waals surface area (Å²) < 4.78 is 67.3. The lowest BCUT2D eigenvalue weighted by Gasteiger charge is -2.29. The number of halogens is 1. The molecule has 1 aromatic carbocycles. The van der Waals surface area contributed by atoms with Crippen LogP contribution < -0.4 is 39.8 Å². The topological polar surface area (TPSA) is 320 Å². The summed E-state index contributed by atoms with van der Waals surface area (Å²) in [5.74, 6) is -1.40. The number of imide groups is 1. The van der Waals surface area contributed by atoms with Crippen LogP contribution in [0.3, 0.4) is 0 Å². The summed E-state index contributed by atoms with van der Waals surface area (Å²) in [7, 11) is -1.95. The molecule has 348 valence electrons. The molecule has 2 atom stereocenters. The molecule has 2 aromatic heterocycles. The lowest BCUT2D eigenvalue weighted by molar-refractivity contribution is -0.138. The average Bonchev–Trinajstić information content (AvgIpc) is 3.51. The second-order valence-corrected chi connectivity index (χ2v) is 18.4. The van der Waals surface area contributed by atoms with E-state index in [9.17, 15) is 46.1 Å². The van der Waals surface area contributed by atoms with Crippen LogP contribution in [0.2, 0.25) is 0 Å². The van der Waals surface area contributed by atoms with E-state index in [0.717, 1.165) is 23.8 Å². The number of benzene rings is 1. The number of terminal acetylenes is 1. The standard InChI is InChI=1S/C19H15FN2O4.C15H18N6O6S.C5H12NO4P/c1-2-7-21-15-9-14(13(20)8-16(15)26-10-17(21)23)22-18(24)11-5-3-4-6-12(11)19(22)25;1-21(2)13(22)9-6-5-7-16-12(9)28(24,25)20-15(23)19-14-17-10(26-3)8-11(18-14)27-4;1-11(9,10)3-2-4(6)5(7)8/h1,8-9H,3-7,10H2;5-8H,1-4H3,(H2,17,18,19,20,23);4H,2-3,6H2,1H3,(H,7,8)(H,9,10). The molecule has 6 amide bonds. The van der Waals surface area contributed by atoms with E-state index in [0.29, 0.717) is 24.0 Å². The molecule has 6 N–H and O–H groups in total. The predicted molar refractivity (Wildman–Crippen MR) is 229 cm³/mol. The summed E-state index contributed by atoms with van der Waals surface area (Å²) in [6.45, 7) is 0.920. The van der Waals surface area contributed by atoms with Crippen molar-refractivity contribution in [2.24, 2.45) is 5.73 Å². The number of nitrogens with zero attached hydrogens (tertiary/aromatic N) is 6. The summed E-state index contributed by atoms with van der Waals surface area (Å²) in [4.78, 5) is 95.3. The Morgan fingerprint density at radius 1 is 1.06 bits per heavy atom. The Kier molecular flexibility index (Phi) is 16.8. The molecule has 0 saturated carbocycles. The Morgan fingerprint density at radius 3 is 2.18 bits per heavy atom. The minimum atomic E-state index is -4.46. The summed E-state index contributed by atoms with van der Waals surface area (Å²) in [6, 6.07) is 4.24. The molecule has 26 heteroatoms. The number of nitrogens with two attached hydrogens (primary N) is 1. The van der Waals surface area contributed by atoms with Crippen molar-refractivity contribution in [2.75, 3.05) is 69.4 Å².